The van der Waals surface area contributed by atoms with Crippen molar-refractivity contribution in [2.75, 3.05) is 0 Å². The topological polar surface area (TPSA) is 193 Å². The van der Waals surface area contributed by atoms with Crippen molar-refractivity contribution >= 4 is 45.8 Å². The number of primary amides is 1. The summed E-state index contributed by atoms with van der Waals surface area (Å²) in [7, 11) is 1.80. The van der Waals surface area contributed by atoms with Gasteiger partial charge in [0.1, 0.15) is 17.7 Å². The molecule has 2 aromatic heterocycles. The van der Waals surface area contributed by atoms with Crippen molar-refractivity contribution in [2.24, 2.45) is 12.8 Å². The van der Waals surface area contributed by atoms with Crippen LogP contribution in [-0.4, -0.2) is 59.5 Å². The normalized spacial score (nSPS) is 11.9. The molecule has 3 aromatic carbocycles. The third-order valence-corrected chi connectivity index (χ3v) is 6.59. The van der Waals surface area contributed by atoms with Gasteiger partial charge in [0.25, 0.3) is 5.91 Å². The number of aliphatic carboxylic acids is 1. The molecule has 12 nitrogen and oxygen atoms in total. The number of amides is 2. The number of carboxylic acids is 2. The number of rotatable bonds is 9. The minimum Gasteiger partial charge on any atom is -0.480 e. The number of aromatic carboxylic acids is 1. The Bertz CT molecular complexity index is 1820. The van der Waals surface area contributed by atoms with Gasteiger partial charge in [-0.25, -0.2) is 19.6 Å². The van der Waals surface area contributed by atoms with Crippen LogP contribution in [-0.2, 0) is 24.7 Å². The standard InChI is InChI=1S/C28H24N6O6/c1-34-22-12-16(26(36)33-21(28(39)40)10-14-3-2-4-17(9-14)27(37)38)6-8-19(22)32-24(34)13-23-30-18-7-5-15(25(29)35)11-20(18)31-23/h2-9,11-12,21H,10,13H2,1H3,(H2,29,35)(H,30,31)(H,33,36)(H,37,38)(H,39,40). The van der Waals surface area contributed by atoms with E-state index in [1.807, 2.05) is 4.57 Å². The van der Waals surface area contributed by atoms with Crippen molar-refractivity contribution in [3.05, 3.63) is 94.6 Å². The van der Waals surface area contributed by atoms with Crippen LogP contribution >= 0.6 is 0 Å². The minimum absolute atomic E-state index is 0.0310. The lowest BCUT2D eigenvalue weighted by atomic mass is 10.0. The first kappa shape index (κ1) is 26.1. The molecule has 1 atom stereocenters. The number of aromatic amines is 1. The lowest BCUT2D eigenvalue weighted by Gasteiger charge is -2.15. The number of aromatic nitrogens is 4. The molecular formula is C28H24N6O6. The van der Waals surface area contributed by atoms with Crippen LogP contribution in [0.3, 0.4) is 0 Å². The fourth-order valence-electron chi connectivity index (χ4n) is 4.50. The van der Waals surface area contributed by atoms with Crippen LogP contribution in [0.1, 0.15) is 48.3 Å². The van der Waals surface area contributed by atoms with E-state index < -0.39 is 29.8 Å². The summed E-state index contributed by atoms with van der Waals surface area (Å²) in [5.74, 6) is -2.19. The highest BCUT2D eigenvalue weighted by Crippen LogP contribution is 2.21. The molecule has 0 bridgehead atoms. The number of carboxylic acid groups (broad SMARTS) is 2. The van der Waals surface area contributed by atoms with Crippen molar-refractivity contribution in [3.8, 4) is 0 Å². The highest BCUT2D eigenvalue weighted by atomic mass is 16.4. The van der Waals surface area contributed by atoms with Crippen LogP contribution in [0.5, 0.6) is 0 Å². The molecule has 0 radical (unpaired) electrons. The van der Waals surface area contributed by atoms with Crippen LogP contribution in [0.2, 0.25) is 0 Å². The summed E-state index contributed by atoms with van der Waals surface area (Å²) < 4.78 is 1.82. The zero-order valence-electron chi connectivity index (χ0n) is 21.2. The Labute approximate surface area is 226 Å². The molecule has 0 aliphatic rings. The van der Waals surface area contributed by atoms with Crippen LogP contribution in [0, 0.1) is 0 Å². The Balaban J connectivity index is 1.35. The monoisotopic (exact) mass is 540 g/mol. The summed E-state index contributed by atoms with van der Waals surface area (Å²) in [4.78, 5) is 60.0. The number of nitrogens with zero attached hydrogens (tertiary/aromatic N) is 3. The number of carbonyl (C=O) groups excluding carboxylic acids is 2. The molecule has 2 amide bonds. The van der Waals surface area contributed by atoms with Crippen LogP contribution < -0.4 is 11.1 Å². The number of H-pyrrole nitrogens is 1. The van der Waals surface area contributed by atoms with Gasteiger partial charge in [-0.15, -0.1) is 0 Å². The summed E-state index contributed by atoms with van der Waals surface area (Å²) in [5, 5.41) is 21.4. The second kappa shape index (κ2) is 10.3. The van der Waals surface area contributed by atoms with E-state index in [1.54, 1.807) is 49.5 Å². The number of fused-ring (bicyclic) bond motifs is 2. The number of aryl methyl sites for hydroxylation is 1. The van der Waals surface area contributed by atoms with Gasteiger partial charge in [-0.2, -0.15) is 0 Å². The van der Waals surface area contributed by atoms with Crippen molar-refractivity contribution < 1.29 is 29.4 Å². The highest BCUT2D eigenvalue weighted by Gasteiger charge is 2.22. The van der Waals surface area contributed by atoms with Gasteiger partial charge in [0.15, 0.2) is 0 Å². The fourth-order valence-corrected chi connectivity index (χ4v) is 4.50. The number of benzene rings is 3. The maximum Gasteiger partial charge on any atom is 0.335 e. The molecule has 6 N–H and O–H groups in total. The van der Waals surface area contributed by atoms with Gasteiger partial charge in [0.05, 0.1) is 34.1 Å². The molecule has 0 spiro atoms. The predicted octanol–water partition coefficient (Wildman–Crippen LogP) is 2.26. The SMILES string of the molecule is Cn1c(Cc2nc3ccc(C(N)=O)cc3[nH]2)nc2ccc(C(=O)NC(Cc3cccc(C(=O)O)c3)C(=O)O)cc21. The molecule has 0 fully saturated rings. The van der Waals surface area contributed by atoms with E-state index in [0.29, 0.717) is 51.3 Å². The molecule has 1 unspecified atom stereocenters. The average Bonchev–Trinajstić information content (AvgIpc) is 3.47. The van der Waals surface area contributed by atoms with Crippen molar-refractivity contribution in [1.82, 2.24) is 24.8 Å². The molecule has 40 heavy (non-hydrogen) atoms. The summed E-state index contributed by atoms with van der Waals surface area (Å²) in [6.07, 6.45) is 0.266. The van der Waals surface area contributed by atoms with Crippen LogP contribution in [0.4, 0.5) is 0 Å². The average molecular weight is 541 g/mol. The Morgan fingerprint density at radius 1 is 0.950 bits per heavy atom. The first-order valence-corrected chi connectivity index (χ1v) is 12.2. The third-order valence-electron chi connectivity index (χ3n) is 6.59. The molecule has 0 aliphatic heterocycles. The highest BCUT2D eigenvalue weighted by molar-refractivity contribution is 5.99. The summed E-state index contributed by atoms with van der Waals surface area (Å²) in [5.41, 5.74) is 9.13. The quantitative estimate of drug-likeness (QED) is 0.188. The Morgan fingerprint density at radius 3 is 2.42 bits per heavy atom. The lowest BCUT2D eigenvalue weighted by molar-refractivity contribution is -0.139. The van der Waals surface area contributed by atoms with Gasteiger partial charge in [-0.05, 0) is 54.1 Å². The zero-order chi connectivity index (χ0) is 28.6. The first-order chi connectivity index (χ1) is 19.1. The number of carbonyl (C=O) groups is 4. The van der Waals surface area contributed by atoms with E-state index in [4.69, 9.17) is 5.73 Å². The third kappa shape index (κ3) is 5.23. The Kier molecular flexibility index (Phi) is 6.74. The van der Waals surface area contributed by atoms with Gasteiger partial charge < -0.3 is 30.8 Å². The molecular weight excluding hydrogens is 516 g/mol. The van der Waals surface area contributed by atoms with Crippen molar-refractivity contribution in [1.29, 1.82) is 0 Å². The van der Waals surface area contributed by atoms with Crippen molar-refractivity contribution in [3.63, 3.8) is 0 Å². The van der Waals surface area contributed by atoms with Crippen LogP contribution in [0.25, 0.3) is 22.1 Å². The number of nitrogens with one attached hydrogen (secondary N) is 2. The summed E-state index contributed by atoms with van der Waals surface area (Å²) in [6.45, 7) is 0. The Hall–Kier alpha value is -5.52. The van der Waals surface area contributed by atoms with E-state index >= 15 is 0 Å². The van der Waals surface area contributed by atoms with Crippen LogP contribution in [0.15, 0.2) is 60.7 Å². The zero-order valence-corrected chi connectivity index (χ0v) is 21.2. The molecule has 0 saturated carbocycles. The molecule has 5 aromatic rings. The molecule has 0 aliphatic carbocycles. The lowest BCUT2D eigenvalue weighted by Crippen LogP contribution is -2.42. The molecule has 5 rings (SSSR count). The second-order valence-electron chi connectivity index (χ2n) is 9.32. The summed E-state index contributed by atoms with van der Waals surface area (Å²) in [6, 6.07) is 14.5. The predicted molar refractivity (Wildman–Crippen MR) is 144 cm³/mol. The molecule has 2 heterocycles. The van der Waals surface area contributed by atoms with E-state index in [9.17, 15) is 29.4 Å². The number of imidazole rings is 2. The molecule has 0 saturated heterocycles. The van der Waals surface area contributed by atoms with E-state index in [1.165, 1.54) is 18.2 Å². The minimum atomic E-state index is -1.27. The maximum absolute atomic E-state index is 13.0. The van der Waals surface area contributed by atoms with Gasteiger partial charge >= 0.3 is 11.9 Å². The van der Waals surface area contributed by atoms with Crippen molar-refractivity contribution in [2.45, 2.75) is 18.9 Å². The first-order valence-electron chi connectivity index (χ1n) is 12.2. The molecule has 12 heteroatoms. The van der Waals surface area contributed by atoms with E-state index in [-0.39, 0.29) is 17.5 Å². The van der Waals surface area contributed by atoms with E-state index in [0.717, 1.165) is 0 Å². The fraction of sp³-hybridized carbons (Fsp3) is 0.143. The molecule has 202 valence electrons. The van der Waals surface area contributed by atoms with Gasteiger partial charge in [0, 0.05) is 24.6 Å². The van der Waals surface area contributed by atoms with Gasteiger partial charge in [0.2, 0.25) is 5.91 Å². The van der Waals surface area contributed by atoms with Gasteiger partial charge in [-0.1, -0.05) is 12.1 Å². The largest absolute Gasteiger partial charge is 0.480 e. The smallest absolute Gasteiger partial charge is 0.335 e. The second-order valence-corrected chi connectivity index (χ2v) is 9.32. The summed E-state index contributed by atoms with van der Waals surface area (Å²) >= 11 is 0. The van der Waals surface area contributed by atoms with E-state index in [2.05, 4.69) is 20.3 Å². The maximum atomic E-state index is 13.0. The number of hydrogen-bond donors (Lipinski definition) is 5. The number of nitrogens with two attached hydrogens (primary N) is 1. The van der Waals surface area contributed by atoms with Gasteiger partial charge in [-0.3, -0.25) is 9.59 Å². The number of hydrogen-bond acceptors (Lipinski definition) is 6. The Morgan fingerprint density at radius 2 is 1.70 bits per heavy atom.